The largest absolute Gasteiger partial charge is 0.469 e. The highest BCUT2D eigenvalue weighted by Gasteiger charge is 2.27. The average Bonchev–Trinajstić information content (AvgIpc) is 3.17. The Morgan fingerprint density at radius 3 is 2.81 bits per heavy atom. The van der Waals surface area contributed by atoms with Crippen molar-refractivity contribution in [2.75, 3.05) is 20.2 Å². The van der Waals surface area contributed by atoms with Crippen molar-refractivity contribution in [3.05, 3.63) is 42.2 Å². The van der Waals surface area contributed by atoms with Crippen LogP contribution < -0.4 is 5.32 Å². The van der Waals surface area contributed by atoms with E-state index in [9.17, 15) is 9.59 Å². The van der Waals surface area contributed by atoms with Crippen molar-refractivity contribution < 1.29 is 14.3 Å². The van der Waals surface area contributed by atoms with Crippen molar-refractivity contribution in [3.8, 4) is 0 Å². The van der Waals surface area contributed by atoms with E-state index in [1.807, 2.05) is 18.3 Å². The summed E-state index contributed by atoms with van der Waals surface area (Å²) in [7, 11) is 1.43. The first-order valence-electron chi connectivity index (χ1n) is 9.86. The molecule has 1 amide bonds. The van der Waals surface area contributed by atoms with Crippen molar-refractivity contribution >= 4 is 11.9 Å². The molecule has 6 nitrogen and oxygen atoms in total. The molecule has 3 rings (SSSR count). The molecule has 0 spiro atoms. The topological polar surface area (TPSA) is 71.5 Å². The fraction of sp³-hybridized carbons (Fsp3) is 0.571. The Balaban J connectivity index is 1.42. The molecule has 0 unspecified atom stereocenters. The Kier molecular flexibility index (Phi) is 6.98. The second-order valence-electron chi connectivity index (χ2n) is 7.42. The maximum Gasteiger partial charge on any atom is 0.308 e. The molecule has 0 bridgehead atoms. The van der Waals surface area contributed by atoms with Gasteiger partial charge >= 0.3 is 5.97 Å². The Bertz CT molecular complexity index is 654. The SMILES string of the molecule is COC(=O)[C@H]1CC[C@@H](NC(=O)/C=C/CN2CCC[C@H]2c2cccnc2)CC1. The van der Waals surface area contributed by atoms with Gasteiger partial charge in [0.1, 0.15) is 0 Å². The normalized spacial score (nSPS) is 26.2. The molecule has 1 atom stereocenters. The van der Waals surface area contributed by atoms with E-state index < -0.39 is 0 Å². The third-order valence-electron chi connectivity index (χ3n) is 5.65. The van der Waals surface area contributed by atoms with Gasteiger partial charge in [0.25, 0.3) is 0 Å². The molecule has 6 heteroatoms. The Labute approximate surface area is 161 Å². The summed E-state index contributed by atoms with van der Waals surface area (Å²) in [6.07, 6.45) is 12.8. The summed E-state index contributed by atoms with van der Waals surface area (Å²) in [6, 6.07) is 4.64. The van der Waals surface area contributed by atoms with Gasteiger partial charge in [0.05, 0.1) is 13.0 Å². The first-order chi connectivity index (χ1) is 13.2. The third kappa shape index (κ3) is 5.39. The summed E-state index contributed by atoms with van der Waals surface area (Å²) >= 11 is 0. The number of nitrogens with zero attached hydrogens (tertiary/aromatic N) is 2. The second-order valence-corrected chi connectivity index (χ2v) is 7.42. The predicted molar refractivity (Wildman–Crippen MR) is 103 cm³/mol. The van der Waals surface area contributed by atoms with Crippen LogP contribution in [0.15, 0.2) is 36.7 Å². The monoisotopic (exact) mass is 371 g/mol. The van der Waals surface area contributed by atoms with Crippen LogP contribution in [0.2, 0.25) is 0 Å². The van der Waals surface area contributed by atoms with Crippen molar-refractivity contribution in [2.45, 2.75) is 50.6 Å². The van der Waals surface area contributed by atoms with Crippen LogP contribution in [0.25, 0.3) is 0 Å². The van der Waals surface area contributed by atoms with Crippen molar-refractivity contribution in [1.29, 1.82) is 0 Å². The van der Waals surface area contributed by atoms with E-state index in [1.165, 1.54) is 19.1 Å². The van der Waals surface area contributed by atoms with Gasteiger partial charge in [0.15, 0.2) is 0 Å². The number of rotatable bonds is 6. The lowest BCUT2D eigenvalue weighted by Gasteiger charge is -2.27. The minimum atomic E-state index is -0.131. The van der Waals surface area contributed by atoms with Gasteiger partial charge in [-0.05, 0) is 56.7 Å². The Morgan fingerprint density at radius 2 is 2.11 bits per heavy atom. The van der Waals surface area contributed by atoms with Gasteiger partial charge in [-0.25, -0.2) is 0 Å². The van der Waals surface area contributed by atoms with Crippen LogP contribution in [0.4, 0.5) is 0 Å². The summed E-state index contributed by atoms with van der Waals surface area (Å²) in [4.78, 5) is 30.4. The van der Waals surface area contributed by atoms with Gasteiger partial charge in [-0.2, -0.15) is 0 Å². The highest BCUT2D eigenvalue weighted by Crippen LogP contribution is 2.31. The van der Waals surface area contributed by atoms with E-state index in [0.717, 1.165) is 45.2 Å². The van der Waals surface area contributed by atoms with E-state index in [1.54, 1.807) is 12.3 Å². The summed E-state index contributed by atoms with van der Waals surface area (Å²) in [5, 5.41) is 3.06. The van der Waals surface area contributed by atoms with Crippen molar-refractivity contribution in [3.63, 3.8) is 0 Å². The molecule has 146 valence electrons. The maximum absolute atomic E-state index is 12.2. The van der Waals surface area contributed by atoms with Crippen LogP contribution in [0.3, 0.4) is 0 Å². The quantitative estimate of drug-likeness (QED) is 0.615. The molecular weight excluding hydrogens is 342 g/mol. The number of esters is 1. The summed E-state index contributed by atoms with van der Waals surface area (Å²) in [5.41, 5.74) is 1.25. The van der Waals surface area contributed by atoms with Crippen LogP contribution in [-0.2, 0) is 14.3 Å². The summed E-state index contributed by atoms with van der Waals surface area (Å²) < 4.78 is 4.80. The molecule has 1 N–H and O–H groups in total. The number of methoxy groups -OCH3 is 1. The first kappa shape index (κ1) is 19.5. The predicted octanol–water partition coefficient (Wildman–Crippen LogP) is 2.62. The van der Waals surface area contributed by atoms with Crippen LogP contribution in [0.5, 0.6) is 0 Å². The minimum absolute atomic E-state index is 0.0155. The number of amides is 1. The molecule has 2 heterocycles. The number of likely N-dealkylation sites (tertiary alicyclic amines) is 1. The highest BCUT2D eigenvalue weighted by molar-refractivity contribution is 5.87. The number of ether oxygens (including phenoxy) is 1. The Hall–Kier alpha value is -2.21. The second kappa shape index (κ2) is 9.65. The van der Waals surface area contributed by atoms with E-state index >= 15 is 0 Å². The fourth-order valence-electron chi connectivity index (χ4n) is 4.18. The van der Waals surface area contributed by atoms with Gasteiger partial charge in [0.2, 0.25) is 5.91 Å². The van der Waals surface area contributed by atoms with Crippen molar-refractivity contribution in [1.82, 2.24) is 15.2 Å². The van der Waals surface area contributed by atoms with Crippen LogP contribution in [-0.4, -0.2) is 48.0 Å². The molecule has 2 fully saturated rings. The van der Waals surface area contributed by atoms with Crippen LogP contribution in [0, 0.1) is 5.92 Å². The van der Waals surface area contributed by atoms with E-state index in [0.29, 0.717) is 6.04 Å². The van der Waals surface area contributed by atoms with Gasteiger partial charge in [-0.15, -0.1) is 0 Å². The van der Waals surface area contributed by atoms with Crippen molar-refractivity contribution in [2.24, 2.45) is 5.92 Å². The number of pyridine rings is 1. The Morgan fingerprint density at radius 1 is 1.30 bits per heavy atom. The van der Waals surface area contributed by atoms with Gasteiger partial charge in [-0.3, -0.25) is 19.5 Å². The fourth-order valence-corrected chi connectivity index (χ4v) is 4.18. The van der Waals surface area contributed by atoms with Gasteiger partial charge in [-0.1, -0.05) is 12.1 Å². The zero-order valence-electron chi connectivity index (χ0n) is 16.0. The number of carbonyl (C=O) groups excluding carboxylic acids is 2. The smallest absolute Gasteiger partial charge is 0.308 e. The number of carbonyl (C=O) groups is 2. The summed E-state index contributed by atoms with van der Waals surface area (Å²) in [5.74, 6) is -0.194. The average molecular weight is 371 g/mol. The van der Waals surface area contributed by atoms with Gasteiger partial charge < -0.3 is 10.1 Å². The lowest BCUT2D eigenvalue weighted by molar-refractivity contribution is -0.146. The van der Waals surface area contributed by atoms with E-state index in [-0.39, 0.29) is 23.8 Å². The number of hydrogen-bond donors (Lipinski definition) is 1. The number of hydrogen-bond acceptors (Lipinski definition) is 5. The molecule has 1 aliphatic carbocycles. The standard InChI is InChI=1S/C21H29N3O3/c1-27-21(26)16-8-10-18(11-9-16)23-20(25)7-4-14-24-13-3-6-19(24)17-5-2-12-22-15-17/h2,4-5,7,12,15-16,18-19H,3,6,8-11,13-14H2,1H3,(H,23,25)/b7-4+/t16-,18+,19-/m0/s1. The molecule has 0 radical (unpaired) electrons. The lowest BCUT2D eigenvalue weighted by Crippen LogP contribution is -2.38. The third-order valence-corrected chi connectivity index (χ3v) is 5.65. The molecule has 27 heavy (non-hydrogen) atoms. The zero-order valence-corrected chi connectivity index (χ0v) is 16.0. The zero-order chi connectivity index (χ0) is 19.1. The summed E-state index contributed by atoms with van der Waals surface area (Å²) in [6.45, 7) is 1.81. The highest BCUT2D eigenvalue weighted by atomic mass is 16.5. The minimum Gasteiger partial charge on any atom is -0.469 e. The van der Waals surface area contributed by atoms with E-state index in [4.69, 9.17) is 4.74 Å². The molecule has 1 saturated heterocycles. The maximum atomic E-state index is 12.2. The molecule has 1 saturated carbocycles. The first-order valence-corrected chi connectivity index (χ1v) is 9.86. The molecule has 1 aromatic heterocycles. The molecular formula is C21H29N3O3. The number of aromatic nitrogens is 1. The molecule has 1 aromatic rings. The lowest BCUT2D eigenvalue weighted by atomic mass is 9.86. The number of nitrogens with one attached hydrogen (secondary N) is 1. The van der Waals surface area contributed by atoms with E-state index in [2.05, 4.69) is 21.3 Å². The van der Waals surface area contributed by atoms with Gasteiger partial charge in [0, 0.05) is 37.1 Å². The van der Waals surface area contributed by atoms with Crippen LogP contribution >= 0.6 is 0 Å². The molecule has 2 aliphatic rings. The molecule has 1 aliphatic heterocycles. The van der Waals surface area contributed by atoms with Crippen LogP contribution in [0.1, 0.15) is 50.1 Å². The molecule has 0 aromatic carbocycles.